The number of carbonyl (C=O) groups excluding carboxylic acids is 1. The maximum Gasteiger partial charge on any atom is 0.435 e. The minimum atomic E-state index is -4.88. The van der Waals surface area contributed by atoms with Crippen LogP contribution in [0.25, 0.3) is 10.8 Å². The molecular formula is C25H18Cl2F6N2O3. The van der Waals surface area contributed by atoms with Gasteiger partial charge in [-0.15, -0.1) is 0 Å². The van der Waals surface area contributed by atoms with Gasteiger partial charge in [-0.2, -0.15) is 26.3 Å². The van der Waals surface area contributed by atoms with E-state index in [0.717, 1.165) is 12.1 Å². The Morgan fingerprint density at radius 1 is 1.00 bits per heavy atom. The van der Waals surface area contributed by atoms with Crippen molar-refractivity contribution in [3.8, 4) is 0 Å². The summed E-state index contributed by atoms with van der Waals surface area (Å²) in [5, 5.41) is 7.07. The fraction of sp³-hybridized carbons (Fsp3) is 0.280. The first kappa shape index (κ1) is 28.0. The number of hydrogen-bond donors (Lipinski definition) is 1. The zero-order chi connectivity index (χ0) is 27.7. The highest BCUT2D eigenvalue weighted by Crippen LogP contribution is 2.50. The number of amides is 1. The van der Waals surface area contributed by atoms with Crippen LogP contribution in [-0.2, 0) is 15.2 Å². The van der Waals surface area contributed by atoms with E-state index in [1.54, 1.807) is 24.3 Å². The van der Waals surface area contributed by atoms with E-state index in [1.807, 2.05) is 0 Å². The summed E-state index contributed by atoms with van der Waals surface area (Å²) in [6.45, 7) is -1.98. The third-order valence-corrected chi connectivity index (χ3v) is 6.23. The molecule has 1 heterocycles. The third-order valence-electron chi connectivity index (χ3n) is 5.79. The predicted molar refractivity (Wildman–Crippen MR) is 130 cm³/mol. The van der Waals surface area contributed by atoms with E-state index in [2.05, 4.69) is 15.2 Å². The molecule has 3 aromatic carbocycles. The molecule has 0 bridgehead atoms. The van der Waals surface area contributed by atoms with E-state index >= 15 is 0 Å². The molecule has 1 N–H and O–H groups in total. The molecule has 3 aromatic rings. The SMILES string of the molecule is O=C(NCCOCC(F)(F)F)c1ccc(C2=NOC(c3cc(Cl)cc(Cl)c3)(C(F)(F)F)C2)c2ccccc12. The van der Waals surface area contributed by atoms with Crippen LogP contribution in [0.4, 0.5) is 26.3 Å². The molecule has 0 spiro atoms. The molecule has 13 heteroatoms. The molecule has 0 saturated heterocycles. The van der Waals surface area contributed by atoms with Gasteiger partial charge in [0.05, 0.1) is 12.3 Å². The second-order valence-electron chi connectivity index (χ2n) is 8.42. The maximum absolute atomic E-state index is 14.4. The lowest BCUT2D eigenvalue weighted by Gasteiger charge is -2.29. The average molecular weight is 579 g/mol. The van der Waals surface area contributed by atoms with Gasteiger partial charge in [0.1, 0.15) is 6.61 Å². The molecule has 1 aliphatic heterocycles. The second kappa shape index (κ2) is 10.6. The highest BCUT2D eigenvalue weighted by molar-refractivity contribution is 6.34. The molecule has 202 valence electrons. The number of fused-ring (bicyclic) bond motifs is 1. The molecule has 1 unspecified atom stereocenters. The van der Waals surface area contributed by atoms with Crippen LogP contribution < -0.4 is 5.32 Å². The first-order valence-corrected chi connectivity index (χ1v) is 11.8. The second-order valence-corrected chi connectivity index (χ2v) is 9.29. The van der Waals surface area contributed by atoms with Crippen molar-refractivity contribution >= 4 is 45.6 Å². The Hall–Kier alpha value is -3.02. The lowest BCUT2D eigenvalue weighted by molar-refractivity contribution is -0.275. The topological polar surface area (TPSA) is 59.9 Å². The summed E-state index contributed by atoms with van der Waals surface area (Å²) in [5.74, 6) is -0.592. The maximum atomic E-state index is 14.4. The first-order chi connectivity index (χ1) is 17.8. The Bertz CT molecular complexity index is 1370. The van der Waals surface area contributed by atoms with Gasteiger partial charge in [-0.3, -0.25) is 4.79 Å². The number of nitrogens with one attached hydrogen (secondary N) is 1. The fourth-order valence-corrected chi connectivity index (χ4v) is 4.63. The molecule has 38 heavy (non-hydrogen) atoms. The normalized spacial score (nSPS) is 17.8. The van der Waals surface area contributed by atoms with Gasteiger partial charge in [0, 0.05) is 39.7 Å². The van der Waals surface area contributed by atoms with Crippen molar-refractivity contribution < 1.29 is 40.7 Å². The van der Waals surface area contributed by atoms with Gasteiger partial charge in [-0.05, 0) is 35.0 Å². The standard InChI is InChI=1S/C25H18Cl2F6N2O3/c26-15-9-14(10-16(27)11-15)23(25(31,32)33)12-21(35-38-23)19-5-6-20(18-4-2-1-3-17(18)19)22(36)34-7-8-37-13-24(28,29)30/h1-6,9-11H,7-8,12-13H2,(H,34,36). The highest BCUT2D eigenvalue weighted by atomic mass is 35.5. The highest BCUT2D eigenvalue weighted by Gasteiger charge is 2.62. The number of carbonyl (C=O) groups is 1. The quantitative estimate of drug-likeness (QED) is 0.242. The zero-order valence-corrected chi connectivity index (χ0v) is 20.7. The van der Waals surface area contributed by atoms with Gasteiger partial charge in [0.15, 0.2) is 0 Å². The molecule has 0 saturated carbocycles. The van der Waals surface area contributed by atoms with Crippen LogP contribution in [0.1, 0.15) is 27.9 Å². The van der Waals surface area contributed by atoms with E-state index in [0.29, 0.717) is 16.3 Å². The summed E-state index contributed by atoms with van der Waals surface area (Å²) in [5.41, 5.74) is -2.67. The number of oxime groups is 1. The van der Waals surface area contributed by atoms with Crippen molar-refractivity contribution in [2.75, 3.05) is 19.8 Å². The van der Waals surface area contributed by atoms with Crippen molar-refractivity contribution in [3.05, 3.63) is 81.3 Å². The van der Waals surface area contributed by atoms with Crippen molar-refractivity contribution in [1.29, 1.82) is 0 Å². The Morgan fingerprint density at radius 3 is 2.29 bits per heavy atom. The minimum Gasteiger partial charge on any atom is -0.374 e. The molecule has 5 nitrogen and oxygen atoms in total. The van der Waals surface area contributed by atoms with Crippen molar-refractivity contribution in [1.82, 2.24) is 5.32 Å². The van der Waals surface area contributed by atoms with Crippen LogP contribution in [0.5, 0.6) is 0 Å². The van der Waals surface area contributed by atoms with Crippen LogP contribution >= 0.6 is 23.2 Å². The van der Waals surface area contributed by atoms with E-state index in [-0.39, 0.29) is 40.0 Å². The number of hydrogen-bond acceptors (Lipinski definition) is 4. The number of alkyl halides is 6. The molecule has 1 atom stereocenters. The summed E-state index contributed by atoms with van der Waals surface area (Å²) in [6, 6.07) is 12.9. The Balaban J connectivity index is 1.61. The van der Waals surface area contributed by atoms with Crippen LogP contribution in [0.3, 0.4) is 0 Å². The molecule has 0 aliphatic carbocycles. The molecular weight excluding hydrogens is 561 g/mol. The summed E-state index contributed by atoms with van der Waals surface area (Å²) >= 11 is 11.9. The van der Waals surface area contributed by atoms with Gasteiger partial charge in [0.2, 0.25) is 0 Å². The van der Waals surface area contributed by atoms with Gasteiger partial charge < -0.3 is 14.9 Å². The summed E-state index contributed by atoms with van der Waals surface area (Å²) in [6.07, 6.45) is -10.0. The van der Waals surface area contributed by atoms with Crippen LogP contribution in [-0.4, -0.2) is 43.7 Å². The molecule has 0 fully saturated rings. The van der Waals surface area contributed by atoms with Crippen molar-refractivity contribution in [2.24, 2.45) is 5.16 Å². The number of rotatable bonds is 7. The minimum absolute atomic E-state index is 0.00204. The van der Waals surface area contributed by atoms with Crippen LogP contribution in [0, 0.1) is 0 Å². The van der Waals surface area contributed by atoms with Crippen molar-refractivity contribution in [2.45, 2.75) is 24.4 Å². The Morgan fingerprint density at radius 2 is 1.66 bits per heavy atom. The Kier molecular flexibility index (Phi) is 7.83. The third kappa shape index (κ3) is 5.84. The van der Waals surface area contributed by atoms with Crippen molar-refractivity contribution in [3.63, 3.8) is 0 Å². The van der Waals surface area contributed by atoms with E-state index in [4.69, 9.17) is 28.0 Å². The summed E-state index contributed by atoms with van der Waals surface area (Å²) in [4.78, 5) is 17.8. The molecule has 0 aromatic heterocycles. The average Bonchev–Trinajstić information content (AvgIpc) is 3.28. The number of halogens is 8. The smallest absolute Gasteiger partial charge is 0.374 e. The number of benzene rings is 3. The molecule has 1 aliphatic rings. The molecule has 4 rings (SSSR count). The number of ether oxygens (including phenoxy) is 1. The van der Waals surface area contributed by atoms with E-state index < -0.39 is 36.9 Å². The molecule has 0 radical (unpaired) electrons. The summed E-state index contributed by atoms with van der Waals surface area (Å²) < 4.78 is 84.1. The van der Waals surface area contributed by atoms with Gasteiger partial charge in [0.25, 0.3) is 11.5 Å². The zero-order valence-electron chi connectivity index (χ0n) is 19.2. The Labute approximate surface area is 222 Å². The van der Waals surface area contributed by atoms with Gasteiger partial charge >= 0.3 is 12.4 Å². The van der Waals surface area contributed by atoms with Gasteiger partial charge in [-0.1, -0.05) is 58.7 Å². The largest absolute Gasteiger partial charge is 0.435 e. The number of nitrogens with zero attached hydrogens (tertiary/aromatic N) is 1. The van der Waals surface area contributed by atoms with Crippen LogP contribution in [0.15, 0.2) is 59.8 Å². The van der Waals surface area contributed by atoms with Gasteiger partial charge in [-0.25, -0.2) is 0 Å². The lowest BCUT2D eigenvalue weighted by Crippen LogP contribution is -2.42. The monoisotopic (exact) mass is 578 g/mol. The first-order valence-electron chi connectivity index (χ1n) is 11.0. The van der Waals surface area contributed by atoms with E-state index in [9.17, 15) is 31.1 Å². The predicted octanol–water partition coefficient (Wildman–Crippen LogP) is 7.04. The lowest BCUT2D eigenvalue weighted by atomic mass is 9.85. The summed E-state index contributed by atoms with van der Waals surface area (Å²) in [7, 11) is 0. The van der Waals surface area contributed by atoms with Crippen LogP contribution in [0.2, 0.25) is 10.0 Å². The van der Waals surface area contributed by atoms with E-state index in [1.165, 1.54) is 18.2 Å². The molecule has 1 amide bonds. The fourth-order valence-electron chi connectivity index (χ4n) is 4.10.